The van der Waals surface area contributed by atoms with E-state index in [1.54, 1.807) is 17.6 Å². The lowest BCUT2D eigenvalue weighted by molar-refractivity contribution is -0.157. The molecule has 1 aliphatic carbocycles. The molecule has 8 nitrogen and oxygen atoms in total. The first-order valence-corrected chi connectivity index (χ1v) is 11.4. The Bertz CT molecular complexity index is 1450. The lowest BCUT2D eigenvalue weighted by Crippen LogP contribution is -2.32. The number of halogens is 1. The van der Waals surface area contributed by atoms with Crippen LogP contribution >= 0.6 is 0 Å². The average Bonchev–Trinajstić information content (AvgIpc) is 3.19. The Morgan fingerprint density at radius 1 is 1.26 bits per heavy atom. The molecule has 34 heavy (non-hydrogen) atoms. The van der Waals surface area contributed by atoms with Crippen molar-refractivity contribution in [3.05, 3.63) is 61.7 Å². The second-order valence-corrected chi connectivity index (χ2v) is 9.11. The van der Waals surface area contributed by atoms with E-state index in [0.29, 0.717) is 35.5 Å². The third-order valence-corrected chi connectivity index (χ3v) is 7.32. The van der Waals surface area contributed by atoms with Gasteiger partial charge in [-0.15, -0.1) is 0 Å². The molecule has 0 radical (unpaired) electrons. The molecule has 0 saturated heterocycles. The molecule has 1 aromatic carbocycles. The van der Waals surface area contributed by atoms with Gasteiger partial charge < -0.3 is 24.3 Å². The summed E-state index contributed by atoms with van der Waals surface area (Å²) in [6.07, 6.45) is -0.0958. The Morgan fingerprint density at radius 2 is 2.09 bits per heavy atom. The van der Waals surface area contributed by atoms with E-state index in [9.17, 15) is 19.1 Å². The van der Waals surface area contributed by atoms with Crippen molar-refractivity contribution in [3.63, 3.8) is 0 Å². The maximum atomic E-state index is 14.8. The number of aromatic nitrogens is 2. The highest BCUT2D eigenvalue weighted by atomic mass is 19.1. The maximum Gasteiger partial charge on any atom is 0.340 e. The van der Waals surface area contributed by atoms with Crippen LogP contribution in [0.3, 0.4) is 0 Å². The third kappa shape index (κ3) is 2.90. The zero-order chi connectivity index (χ0) is 23.7. The zero-order valence-corrected chi connectivity index (χ0v) is 18.6. The van der Waals surface area contributed by atoms with Crippen LogP contribution in [0, 0.1) is 12.7 Å². The summed E-state index contributed by atoms with van der Waals surface area (Å²) in [5.74, 6) is -1.12. The van der Waals surface area contributed by atoms with Crippen molar-refractivity contribution in [1.82, 2.24) is 9.55 Å². The zero-order valence-electron chi connectivity index (χ0n) is 18.6. The van der Waals surface area contributed by atoms with Crippen LogP contribution in [0.5, 0.6) is 0 Å². The van der Waals surface area contributed by atoms with Gasteiger partial charge in [0.25, 0.3) is 5.56 Å². The largest absolute Gasteiger partial charge is 0.458 e. The number of cyclic esters (lactones) is 1. The van der Waals surface area contributed by atoms with Crippen molar-refractivity contribution in [2.75, 3.05) is 19.8 Å². The van der Waals surface area contributed by atoms with Gasteiger partial charge in [-0.3, -0.25) is 4.79 Å². The fourth-order valence-corrected chi connectivity index (χ4v) is 5.65. The molecule has 0 amide bonds. The number of hydrogen-bond donors (Lipinski definition) is 2. The molecular weight excluding hydrogens is 443 g/mol. The lowest BCUT2D eigenvalue weighted by atomic mass is 9.78. The van der Waals surface area contributed by atoms with Gasteiger partial charge >= 0.3 is 5.97 Å². The van der Waals surface area contributed by atoms with Gasteiger partial charge in [-0.2, -0.15) is 0 Å². The molecule has 6 rings (SSSR count). The minimum Gasteiger partial charge on any atom is -0.458 e. The number of fused-ring (bicyclic) bond motifs is 5. The highest BCUT2D eigenvalue weighted by Crippen LogP contribution is 2.46. The van der Waals surface area contributed by atoms with Gasteiger partial charge in [0.1, 0.15) is 12.4 Å². The van der Waals surface area contributed by atoms with Gasteiger partial charge in [0, 0.05) is 28.5 Å². The van der Waals surface area contributed by atoms with Crippen LogP contribution in [0.15, 0.2) is 16.9 Å². The molecular formula is C25H23FN2O6. The molecule has 4 heterocycles. The van der Waals surface area contributed by atoms with Crippen LogP contribution in [-0.4, -0.2) is 45.6 Å². The minimum absolute atomic E-state index is 0.00157. The lowest BCUT2D eigenvalue weighted by Gasteiger charge is -2.29. The first kappa shape index (κ1) is 21.4. The van der Waals surface area contributed by atoms with E-state index in [2.05, 4.69) is 0 Å². The van der Waals surface area contributed by atoms with Crippen molar-refractivity contribution < 1.29 is 28.9 Å². The summed E-state index contributed by atoms with van der Waals surface area (Å²) in [6, 6.07) is 3.06. The number of ether oxygens (including phenoxy) is 2. The molecule has 2 unspecified atom stereocenters. The summed E-state index contributed by atoms with van der Waals surface area (Å²) in [5, 5.41) is 20.4. The smallest absolute Gasteiger partial charge is 0.340 e. The van der Waals surface area contributed by atoms with E-state index in [1.165, 1.54) is 6.07 Å². The van der Waals surface area contributed by atoms with E-state index in [-0.39, 0.29) is 54.8 Å². The predicted molar refractivity (Wildman–Crippen MR) is 119 cm³/mol. The highest BCUT2D eigenvalue weighted by Gasteiger charge is 2.37. The Balaban J connectivity index is 1.62. The fraction of sp³-hybridized carbons (Fsp3) is 0.400. The van der Waals surface area contributed by atoms with Crippen LogP contribution in [0.25, 0.3) is 22.3 Å². The molecule has 3 aliphatic rings. The van der Waals surface area contributed by atoms with E-state index in [4.69, 9.17) is 19.6 Å². The first-order valence-electron chi connectivity index (χ1n) is 11.4. The van der Waals surface area contributed by atoms with Gasteiger partial charge in [-0.1, -0.05) is 0 Å². The van der Waals surface area contributed by atoms with Crippen LogP contribution in [0.2, 0.25) is 0 Å². The number of benzene rings is 1. The summed E-state index contributed by atoms with van der Waals surface area (Å²) in [7, 11) is 0. The second-order valence-electron chi connectivity index (χ2n) is 9.11. The Morgan fingerprint density at radius 3 is 2.88 bits per heavy atom. The Labute approximate surface area is 193 Å². The molecule has 2 atom stereocenters. The number of hydrogen-bond acceptors (Lipinski definition) is 7. The molecule has 0 spiro atoms. The molecule has 176 valence electrons. The number of pyridine rings is 2. The van der Waals surface area contributed by atoms with Crippen LogP contribution in [-0.2, 0) is 33.8 Å². The molecule has 0 bridgehead atoms. The minimum atomic E-state index is -1.53. The predicted octanol–water partition coefficient (Wildman–Crippen LogP) is 2.00. The summed E-state index contributed by atoms with van der Waals surface area (Å²) in [4.78, 5) is 30.0. The fourth-order valence-electron chi connectivity index (χ4n) is 5.65. The van der Waals surface area contributed by atoms with Gasteiger partial charge in [0.05, 0.1) is 48.8 Å². The van der Waals surface area contributed by atoms with Crippen molar-refractivity contribution in [3.8, 4) is 11.4 Å². The standard InChI is InChI=1S/C25H23FN2O6/c1-11-13-3-2-12(9-33-5-4-29)20-15-8-28-19(22(15)27-18(21(13)20)7-17(11)26)6-14-16(24(28)31)10-34-25(32)23(14)30/h6-7,12,23,29-30H,2-5,8-10H2,1H3. The Hall–Kier alpha value is -3.14. The van der Waals surface area contributed by atoms with Gasteiger partial charge in [0.15, 0.2) is 6.10 Å². The molecule has 2 N–H and O–H groups in total. The van der Waals surface area contributed by atoms with Crippen molar-refractivity contribution >= 4 is 16.9 Å². The molecule has 0 saturated carbocycles. The molecule has 2 aromatic heterocycles. The monoisotopic (exact) mass is 466 g/mol. The summed E-state index contributed by atoms with van der Waals surface area (Å²) < 4.78 is 27.0. The summed E-state index contributed by atoms with van der Waals surface area (Å²) in [6.45, 7) is 2.41. The van der Waals surface area contributed by atoms with Crippen LogP contribution in [0.1, 0.15) is 51.8 Å². The number of esters is 1. The van der Waals surface area contributed by atoms with Gasteiger partial charge in [-0.05, 0) is 42.5 Å². The van der Waals surface area contributed by atoms with E-state index in [1.807, 2.05) is 0 Å². The number of nitrogens with zero attached hydrogens (tertiary/aromatic N) is 2. The second kappa shape index (κ2) is 7.69. The third-order valence-electron chi connectivity index (χ3n) is 7.32. The summed E-state index contributed by atoms with van der Waals surface area (Å²) in [5.41, 5.74) is 5.11. The van der Waals surface area contributed by atoms with Crippen molar-refractivity contribution in [1.29, 1.82) is 0 Å². The number of aryl methyl sites for hydroxylation is 1. The molecule has 2 aliphatic heterocycles. The maximum absolute atomic E-state index is 14.8. The van der Waals surface area contributed by atoms with Gasteiger partial charge in [-0.25, -0.2) is 14.2 Å². The molecule has 9 heteroatoms. The van der Waals surface area contributed by atoms with E-state index >= 15 is 0 Å². The normalized spacial score (nSPS) is 20.2. The number of rotatable bonds is 4. The topological polar surface area (TPSA) is 111 Å². The number of carbonyl (C=O) groups excluding carboxylic acids is 1. The Kier molecular flexibility index (Phi) is 4.84. The number of aliphatic hydroxyl groups is 2. The van der Waals surface area contributed by atoms with Crippen LogP contribution < -0.4 is 5.56 Å². The van der Waals surface area contributed by atoms with E-state index < -0.39 is 12.1 Å². The molecule has 0 fully saturated rings. The van der Waals surface area contributed by atoms with Crippen molar-refractivity contribution in [2.45, 2.75) is 44.9 Å². The first-order chi connectivity index (χ1) is 16.4. The summed E-state index contributed by atoms with van der Waals surface area (Å²) >= 11 is 0. The van der Waals surface area contributed by atoms with Crippen molar-refractivity contribution in [2.24, 2.45) is 0 Å². The SMILES string of the molecule is Cc1c(F)cc2nc3c(c4c2c1CCC4COCCO)Cn1c-3cc2c(c1=O)COC(=O)C2O. The van der Waals surface area contributed by atoms with E-state index in [0.717, 1.165) is 28.5 Å². The van der Waals surface area contributed by atoms with Gasteiger partial charge in [0.2, 0.25) is 0 Å². The number of aliphatic hydroxyl groups excluding tert-OH is 2. The van der Waals surface area contributed by atoms with Crippen LogP contribution in [0.4, 0.5) is 4.39 Å². The highest BCUT2D eigenvalue weighted by molar-refractivity contribution is 5.93. The average molecular weight is 466 g/mol. The molecule has 3 aromatic rings. The number of carbonyl (C=O) groups is 1. The quantitative estimate of drug-likeness (QED) is 0.350.